The van der Waals surface area contributed by atoms with Gasteiger partial charge in [0, 0.05) is 19.1 Å². The molecule has 1 unspecified atom stereocenters. The summed E-state index contributed by atoms with van der Waals surface area (Å²) in [6.07, 6.45) is -4.45. The summed E-state index contributed by atoms with van der Waals surface area (Å²) in [5, 5.41) is 11.4. The molecular formula is C17H21F3N6O. The highest BCUT2D eigenvalue weighted by molar-refractivity contribution is 5.82. The number of carbonyl (C=O) groups excluding carboxylic acids is 1. The molecule has 1 aromatic carbocycles. The molecule has 0 aliphatic carbocycles. The third-order valence-corrected chi connectivity index (χ3v) is 4.74. The molecular weight excluding hydrogens is 361 g/mol. The molecule has 1 atom stereocenters. The summed E-state index contributed by atoms with van der Waals surface area (Å²) < 4.78 is 40.2. The van der Waals surface area contributed by atoms with E-state index in [0.717, 1.165) is 12.1 Å². The van der Waals surface area contributed by atoms with Crippen LogP contribution in [-0.4, -0.2) is 61.1 Å². The van der Waals surface area contributed by atoms with E-state index in [1.165, 1.54) is 16.8 Å². The lowest BCUT2D eigenvalue weighted by Crippen LogP contribution is -2.57. The molecule has 1 aliphatic rings. The lowest BCUT2D eigenvalue weighted by Gasteiger charge is -2.40. The number of benzene rings is 1. The van der Waals surface area contributed by atoms with Gasteiger partial charge in [0.2, 0.25) is 5.91 Å². The van der Waals surface area contributed by atoms with E-state index >= 15 is 0 Å². The van der Waals surface area contributed by atoms with Gasteiger partial charge in [-0.3, -0.25) is 9.69 Å². The van der Waals surface area contributed by atoms with Crippen molar-refractivity contribution < 1.29 is 18.0 Å². The van der Waals surface area contributed by atoms with Gasteiger partial charge in [-0.1, -0.05) is 6.07 Å². The molecule has 2 aromatic rings. The summed E-state index contributed by atoms with van der Waals surface area (Å²) in [5.41, 5.74) is -0.542. The van der Waals surface area contributed by atoms with Crippen LogP contribution in [0.1, 0.15) is 32.2 Å². The van der Waals surface area contributed by atoms with Crippen molar-refractivity contribution in [2.75, 3.05) is 13.1 Å². The van der Waals surface area contributed by atoms with Gasteiger partial charge in [-0.2, -0.15) is 17.9 Å². The van der Waals surface area contributed by atoms with Crippen LogP contribution in [0.5, 0.6) is 0 Å². The Morgan fingerprint density at radius 3 is 2.67 bits per heavy atom. The quantitative estimate of drug-likeness (QED) is 0.810. The van der Waals surface area contributed by atoms with Crippen LogP contribution in [-0.2, 0) is 17.5 Å². The van der Waals surface area contributed by atoms with Crippen LogP contribution in [0.2, 0.25) is 0 Å². The molecule has 2 heterocycles. The Morgan fingerprint density at radius 1 is 1.26 bits per heavy atom. The van der Waals surface area contributed by atoms with E-state index in [0.29, 0.717) is 18.9 Å². The van der Waals surface area contributed by atoms with Crippen molar-refractivity contribution in [1.29, 1.82) is 0 Å². The van der Waals surface area contributed by atoms with Crippen molar-refractivity contribution in [2.45, 2.75) is 45.6 Å². The number of carbonyl (C=O) groups is 1. The first-order valence-corrected chi connectivity index (χ1v) is 8.68. The monoisotopic (exact) mass is 382 g/mol. The molecule has 1 amide bonds. The minimum absolute atomic E-state index is 0.0225. The molecule has 0 radical (unpaired) electrons. The van der Waals surface area contributed by atoms with Gasteiger partial charge in [0.1, 0.15) is 0 Å². The van der Waals surface area contributed by atoms with Crippen molar-refractivity contribution in [3.63, 3.8) is 0 Å². The molecule has 0 saturated carbocycles. The summed E-state index contributed by atoms with van der Waals surface area (Å²) in [5.74, 6) is 0.404. The van der Waals surface area contributed by atoms with Gasteiger partial charge in [0.25, 0.3) is 0 Å². The number of halogens is 3. The number of alkyl halides is 3. The minimum atomic E-state index is -4.45. The second-order valence-electron chi connectivity index (χ2n) is 6.83. The molecule has 27 heavy (non-hydrogen) atoms. The second-order valence-corrected chi connectivity index (χ2v) is 6.83. The Labute approximate surface area is 154 Å². The number of piperazine rings is 1. The SMILES string of the molecule is CC1C(=O)N(C(C)C)CCN1Cc1nnnn1-c1cccc(C(F)(F)F)c1. The number of hydrogen-bond acceptors (Lipinski definition) is 5. The summed E-state index contributed by atoms with van der Waals surface area (Å²) >= 11 is 0. The molecule has 0 spiro atoms. The van der Waals surface area contributed by atoms with Gasteiger partial charge in [-0.15, -0.1) is 5.10 Å². The van der Waals surface area contributed by atoms with Gasteiger partial charge in [0.15, 0.2) is 5.82 Å². The number of rotatable bonds is 4. The molecule has 1 aliphatic heterocycles. The fourth-order valence-electron chi connectivity index (χ4n) is 3.17. The standard InChI is InChI=1S/C17H21F3N6O/c1-11(2)25-8-7-24(12(3)16(25)27)10-15-21-22-23-26(15)14-6-4-5-13(9-14)17(18,19)20/h4-6,9,11-12H,7-8,10H2,1-3H3. The predicted octanol–water partition coefficient (Wildman–Crippen LogP) is 2.12. The number of tetrazole rings is 1. The Balaban J connectivity index is 1.82. The molecule has 0 bridgehead atoms. The van der Waals surface area contributed by atoms with Crippen LogP contribution in [0.15, 0.2) is 24.3 Å². The van der Waals surface area contributed by atoms with Crippen molar-refractivity contribution in [2.24, 2.45) is 0 Å². The number of aromatic nitrogens is 4. The lowest BCUT2D eigenvalue weighted by atomic mass is 10.1. The van der Waals surface area contributed by atoms with Crippen LogP contribution in [0, 0.1) is 0 Å². The Hall–Kier alpha value is -2.49. The van der Waals surface area contributed by atoms with E-state index in [1.807, 2.05) is 30.6 Å². The van der Waals surface area contributed by atoms with E-state index < -0.39 is 11.7 Å². The zero-order valence-corrected chi connectivity index (χ0v) is 15.3. The van der Waals surface area contributed by atoms with Gasteiger partial charge >= 0.3 is 6.18 Å². The maximum absolute atomic E-state index is 13.0. The van der Waals surface area contributed by atoms with Gasteiger partial charge in [0.05, 0.1) is 23.8 Å². The highest BCUT2D eigenvalue weighted by atomic mass is 19.4. The van der Waals surface area contributed by atoms with E-state index in [1.54, 1.807) is 0 Å². The largest absolute Gasteiger partial charge is 0.416 e. The molecule has 7 nitrogen and oxygen atoms in total. The smallest absolute Gasteiger partial charge is 0.338 e. The molecule has 3 rings (SSSR count). The summed E-state index contributed by atoms with van der Waals surface area (Å²) in [6.45, 7) is 7.24. The average molecular weight is 382 g/mol. The fraction of sp³-hybridized carbons (Fsp3) is 0.529. The third-order valence-electron chi connectivity index (χ3n) is 4.74. The van der Waals surface area contributed by atoms with E-state index in [-0.39, 0.29) is 30.2 Å². The van der Waals surface area contributed by atoms with E-state index in [2.05, 4.69) is 15.5 Å². The molecule has 146 valence electrons. The van der Waals surface area contributed by atoms with E-state index in [4.69, 9.17) is 0 Å². The molecule has 0 N–H and O–H groups in total. The Bertz CT molecular complexity index is 819. The topological polar surface area (TPSA) is 67.2 Å². The second kappa shape index (κ2) is 7.26. The van der Waals surface area contributed by atoms with Crippen LogP contribution < -0.4 is 0 Å². The fourth-order valence-corrected chi connectivity index (χ4v) is 3.17. The predicted molar refractivity (Wildman–Crippen MR) is 90.9 cm³/mol. The Kier molecular flexibility index (Phi) is 5.18. The molecule has 10 heteroatoms. The van der Waals surface area contributed by atoms with Crippen LogP contribution in [0.3, 0.4) is 0 Å². The van der Waals surface area contributed by atoms with Crippen LogP contribution >= 0.6 is 0 Å². The first kappa shape index (κ1) is 19.3. The van der Waals surface area contributed by atoms with Crippen molar-refractivity contribution in [3.05, 3.63) is 35.7 Å². The third kappa shape index (κ3) is 3.95. The van der Waals surface area contributed by atoms with E-state index in [9.17, 15) is 18.0 Å². The maximum Gasteiger partial charge on any atom is 0.416 e. The van der Waals surface area contributed by atoms with Crippen molar-refractivity contribution in [3.8, 4) is 5.69 Å². The summed E-state index contributed by atoms with van der Waals surface area (Å²) in [4.78, 5) is 16.3. The lowest BCUT2D eigenvalue weighted by molar-refractivity contribution is -0.143. The minimum Gasteiger partial charge on any atom is -0.338 e. The van der Waals surface area contributed by atoms with Gasteiger partial charge in [-0.05, 0) is 49.4 Å². The highest BCUT2D eigenvalue weighted by Gasteiger charge is 2.34. The average Bonchev–Trinajstić information content (AvgIpc) is 3.06. The molecule has 1 saturated heterocycles. The number of amides is 1. The molecule has 1 aromatic heterocycles. The summed E-state index contributed by atoms with van der Waals surface area (Å²) in [7, 11) is 0. The molecule has 1 fully saturated rings. The normalized spacial score (nSPS) is 19.1. The van der Waals surface area contributed by atoms with Gasteiger partial charge < -0.3 is 4.90 Å². The first-order valence-electron chi connectivity index (χ1n) is 8.68. The van der Waals surface area contributed by atoms with Crippen molar-refractivity contribution >= 4 is 5.91 Å². The van der Waals surface area contributed by atoms with Crippen LogP contribution in [0.4, 0.5) is 13.2 Å². The van der Waals surface area contributed by atoms with Crippen molar-refractivity contribution in [1.82, 2.24) is 30.0 Å². The highest BCUT2D eigenvalue weighted by Crippen LogP contribution is 2.30. The Morgan fingerprint density at radius 2 is 2.00 bits per heavy atom. The van der Waals surface area contributed by atoms with Crippen LogP contribution in [0.25, 0.3) is 5.69 Å². The van der Waals surface area contributed by atoms with Gasteiger partial charge in [-0.25, -0.2) is 0 Å². The number of nitrogens with zero attached hydrogens (tertiary/aromatic N) is 6. The zero-order valence-electron chi connectivity index (χ0n) is 15.3. The maximum atomic E-state index is 13.0. The first-order chi connectivity index (χ1) is 12.7. The zero-order chi connectivity index (χ0) is 19.8. The summed E-state index contributed by atoms with van der Waals surface area (Å²) in [6, 6.07) is 4.60. The number of hydrogen-bond donors (Lipinski definition) is 0.